The van der Waals surface area contributed by atoms with E-state index in [4.69, 9.17) is 15.0 Å². The summed E-state index contributed by atoms with van der Waals surface area (Å²) >= 11 is 0. The molecular formula is C23H36N8. The van der Waals surface area contributed by atoms with Crippen molar-refractivity contribution in [2.75, 3.05) is 90.3 Å². The average Bonchev–Trinajstić information content (AvgIpc) is 2.77. The fourth-order valence-electron chi connectivity index (χ4n) is 4.20. The van der Waals surface area contributed by atoms with E-state index in [-0.39, 0.29) is 0 Å². The van der Waals surface area contributed by atoms with Crippen molar-refractivity contribution < 1.29 is 0 Å². The van der Waals surface area contributed by atoms with Crippen LogP contribution in [-0.4, -0.2) is 111 Å². The van der Waals surface area contributed by atoms with Crippen molar-refractivity contribution in [3.8, 4) is 0 Å². The smallest absolute Gasteiger partial charge is 0.172 e. The minimum atomic E-state index is 0.894. The number of hydrogen-bond acceptors (Lipinski definition) is 7. The lowest BCUT2D eigenvalue weighted by Crippen LogP contribution is -2.48. The first-order valence-electron chi connectivity index (χ1n) is 11.4. The summed E-state index contributed by atoms with van der Waals surface area (Å²) < 4.78 is 0. The van der Waals surface area contributed by atoms with Gasteiger partial charge in [0.05, 0.1) is 16.7 Å². The number of benzene rings is 1. The summed E-state index contributed by atoms with van der Waals surface area (Å²) in [5.74, 6) is 3.11. The SMILES string of the molecule is CC/C(=N/c1ccc2nc(N3CCN(C)CC3)c(N3CCN(C)CC3)nc2c1)N(C)C. The quantitative estimate of drug-likeness (QED) is 0.551. The van der Waals surface area contributed by atoms with E-state index in [1.54, 1.807) is 0 Å². The van der Waals surface area contributed by atoms with Crippen LogP contribution in [0.25, 0.3) is 11.0 Å². The Balaban J connectivity index is 1.74. The van der Waals surface area contributed by atoms with Crippen molar-refractivity contribution in [2.45, 2.75) is 13.3 Å². The molecule has 1 aromatic carbocycles. The maximum absolute atomic E-state index is 5.16. The number of piperazine rings is 2. The molecule has 0 unspecified atom stereocenters. The summed E-state index contributed by atoms with van der Waals surface area (Å²) in [7, 11) is 8.45. The summed E-state index contributed by atoms with van der Waals surface area (Å²) in [6.45, 7) is 10.3. The van der Waals surface area contributed by atoms with E-state index in [0.29, 0.717) is 0 Å². The second kappa shape index (κ2) is 9.36. The molecule has 8 heteroatoms. The Morgan fingerprint density at radius 2 is 1.35 bits per heavy atom. The van der Waals surface area contributed by atoms with Crippen molar-refractivity contribution >= 4 is 34.2 Å². The molecule has 2 aliphatic heterocycles. The molecular weight excluding hydrogens is 388 g/mol. The average molecular weight is 425 g/mol. The summed E-state index contributed by atoms with van der Waals surface area (Å²) in [5, 5.41) is 0. The van der Waals surface area contributed by atoms with E-state index >= 15 is 0 Å². The highest BCUT2D eigenvalue weighted by Gasteiger charge is 2.25. The molecule has 0 bridgehead atoms. The van der Waals surface area contributed by atoms with Crippen molar-refractivity contribution in [2.24, 2.45) is 4.99 Å². The van der Waals surface area contributed by atoms with Crippen LogP contribution in [0.3, 0.4) is 0 Å². The van der Waals surface area contributed by atoms with E-state index < -0.39 is 0 Å². The monoisotopic (exact) mass is 424 g/mol. The second-order valence-electron chi connectivity index (χ2n) is 8.90. The number of amidine groups is 1. The number of nitrogens with zero attached hydrogens (tertiary/aromatic N) is 8. The van der Waals surface area contributed by atoms with Crippen molar-refractivity contribution in [3.63, 3.8) is 0 Å². The number of aromatic nitrogens is 2. The van der Waals surface area contributed by atoms with Crippen LogP contribution in [0.5, 0.6) is 0 Å². The highest BCUT2D eigenvalue weighted by molar-refractivity contribution is 5.87. The predicted octanol–water partition coefficient (Wildman–Crippen LogP) is 2.14. The maximum Gasteiger partial charge on any atom is 0.172 e. The Morgan fingerprint density at radius 3 is 1.84 bits per heavy atom. The van der Waals surface area contributed by atoms with E-state index in [1.807, 2.05) is 14.1 Å². The zero-order valence-electron chi connectivity index (χ0n) is 19.7. The third-order valence-electron chi connectivity index (χ3n) is 6.31. The zero-order valence-corrected chi connectivity index (χ0v) is 19.7. The standard InChI is InChI=1S/C23H36N8/c1-6-21(27(2)3)24-18-7-8-19-20(17-18)26-23(31-15-11-29(5)12-16-31)22(25-19)30-13-9-28(4)10-14-30/h7-8,17H,6,9-16H2,1-5H3/b24-21-. The fraction of sp³-hybridized carbons (Fsp3) is 0.609. The molecule has 0 spiro atoms. The van der Waals surface area contributed by atoms with Gasteiger partial charge in [-0.15, -0.1) is 0 Å². The third-order valence-corrected chi connectivity index (χ3v) is 6.31. The topological polar surface area (TPSA) is 54.3 Å². The first kappa shape index (κ1) is 21.8. The number of anilines is 2. The molecule has 0 atom stereocenters. The van der Waals surface area contributed by atoms with Crippen molar-refractivity contribution in [3.05, 3.63) is 18.2 Å². The Hall–Kier alpha value is -2.45. The number of likely N-dealkylation sites (N-methyl/N-ethyl adjacent to an activating group) is 2. The molecule has 168 valence electrons. The lowest BCUT2D eigenvalue weighted by molar-refractivity contribution is 0.308. The highest BCUT2D eigenvalue weighted by Crippen LogP contribution is 2.31. The largest absolute Gasteiger partial charge is 0.366 e. The molecule has 2 aliphatic rings. The molecule has 31 heavy (non-hydrogen) atoms. The Bertz CT molecular complexity index is 925. The Morgan fingerprint density at radius 1 is 0.839 bits per heavy atom. The predicted molar refractivity (Wildman–Crippen MR) is 130 cm³/mol. The van der Waals surface area contributed by atoms with Gasteiger partial charge < -0.3 is 24.5 Å². The van der Waals surface area contributed by atoms with E-state index in [0.717, 1.165) is 93.0 Å². The summed E-state index contributed by atoms with van der Waals surface area (Å²) in [5.41, 5.74) is 2.79. The molecule has 0 amide bonds. The van der Waals surface area contributed by atoms with Crippen molar-refractivity contribution in [1.29, 1.82) is 0 Å². The van der Waals surface area contributed by atoms with Crippen LogP contribution < -0.4 is 9.80 Å². The molecule has 4 rings (SSSR count). The van der Waals surface area contributed by atoms with Gasteiger partial charge in [0.25, 0.3) is 0 Å². The molecule has 0 N–H and O–H groups in total. The Labute approximate surface area is 186 Å². The molecule has 2 saturated heterocycles. The molecule has 0 aliphatic carbocycles. The van der Waals surface area contributed by atoms with Crippen LogP contribution in [0.4, 0.5) is 17.3 Å². The second-order valence-corrected chi connectivity index (χ2v) is 8.90. The van der Waals surface area contributed by atoms with Crippen LogP contribution in [0, 0.1) is 0 Å². The normalized spacial score (nSPS) is 19.3. The van der Waals surface area contributed by atoms with E-state index in [1.165, 1.54) is 0 Å². The minimum Gasteiger partial charge on any atom is -0.366 e. The van der Waals surface area contributed by atoms with Crippen molar-refractivity contribution in [1.82, 2.24) is 24.7 Å². The summed E-state index contributed by atoms with van der Waals surface area (Å²) in [6.07, 6.45) is 0.894. The fourth-order valence-corrected chi connectivity index (χ4v) is 4.20. The van der Waals surface area contributed by atoms with Gasteiger partial charge in [0, 0.05) is 72.9 Å². The minimum absolute atomic E-state index is 0.894. The van der Waals surface area contributed by atoms with Crippen LogP contribution in [0.2, 0.25) is 0 Å². The number of fused-ring (bicyclic) bond motifs is 1. The van der Waals surface area contributed by atoms with Gasteiger partial charge in [-0.25, -0.2) is 15.0 Å². The zero-order chi connectivity index (χ0) is 22.0. The van der Waals surface area contributed by atoms with Crippen LogP contribution in [0.1, 0.15) is 13.3 Å². The van der Waals surface area contributed by atoms with Gasteiger partial charge in [-0.2, -0.15) is 0 Å². The number of rotatable bonds is 4. The summed E-state index contributed by atoms with van der Waals surface area (Å²) in [6, 6.07) is 6.20. The molecule has 0 saturated carbocycles. The van der Waals surface area contributed by atoms with Gasteiger partial charge in [-0.3, -0.25) is 0 Å². The number of hydrogen-bond donors (Lipinski definition) is 0. The van der Waals surface area contributed by atoms with Gasteiger partial charge in [0.2, 0.25) is 0 Å². The first-order chi connectivity index (χ1) is 14.9. The van der Waals surface area contributed by atoms with E-state index in [9.17, 15) is 0 Å². The molecule has 8 nitrogen and oxygen atoms in total. The van der Waals surface area contributed by atoms with Gasteiger partial charge in [-0.1, -0.05) is 6.92 Å². The molecule has 0 radical (unpaired) electrons. The highest BCUT2D eigenvalue weighted by atomic mass is 15.3. The van der Waals surface area contributed by atoms with E-state index in [2.05, 4.69) is 63.7 Å². The van der Waals surface area contributed by atoms with Crippen LogP contribution >= 0.6 is 0 Å². The molecule has 2 aromatic rings. The van der Waals surface area contributed by atoms with Crippen LogP contribution in [-0.2, 0) is 0 Å². The first-order valence-corrected chi connectivity index (χ1v) is 11.4. The van der Waals surface area contributed by atoms with Gasteiger partial charge in [0.1, 0.15) is 5.84 Å². The third kappa shape index (κ3) is 4.91. The maximum atomic E-state index is 5.16. The molecule has 3 heterocycles. The Kier molecular flexibility index (Phi) is 6.57. The van der Waals surface area contributed by atoms with Gasteiger partial charge in [-0.05, 0) is 32.3 Å². The van der Waals surface area contributed by atoms with Gasteiger partial charge >= 0.3 is 0 Å². The van der Waals surface area contributed by atoms with Gasteiger partial charge in [0.15, 0.2) is 11.6 Å². The molecule has 2 fully saturated rings. The number of aliphatic imine (C=N–C) groups is 1. The van der Waals surface area contributed by atoms with Crippen LogP contribution in [0.15, 0.2) is 23.2 Å². The lowest BCUT2D eigenvalue weighted by Gasteiger charge is -2.38. The lowest BCUT2D eigenvalue weighted by atomic mass is 10.2. The molecule has 1 aromatic heterocycles. The summed E-state index contributed by atoms with van der Waals surface area (Å²) in [4.78, 5) is 26.8.